The quantitative estimate of drug-likeness (QED) is 0.350. The Hall–Kier alpha value is -4.31. The van der Waals surface area contributed by atoms with Gasteiger partial charge in [0.05, 0.1) is 28.5 Å². The molecule has 0 bridgehead atoms. The smallest absolute Gasteiger partial charge is 0.275 e. The van der Waals surface area contributed by atoms with Crippen molar-refractivity contribution in [3.05, 3.63) is 77.7 Å². The fourth-order valence-electron chi connectivity index (χ4n) is 3.30. The number of thiazole rings is 1. The average Bonchev–Trinajstić information content (AvgIpc) is 3.39. The second kappa shape index (κ2) is 8.08. The Bertz CT molecular complexity index is 1440. The first kappa shape index (κ1) is 19.6. The molecule has 32 heavy (non-hydrogen) atoms. The fraction of sp³-hybridized carbons (Fsp3) is 0.0455. The van der Waals surface area contributed by atoms with Gasteiger partial charge in [-0.1, -0.05) is 18.2 Å². The molecule has 9 nitrogen and oxygen atoms in total. The first-order valence-electron chi connectivity index (χ1n) is 9.74. The van der Waals surface area contributed by atoms with Crippen LogP contribution in [0, 0.1) is 6.92 Å². The van der Waals surface area contributed by atoms with E-state index in [-0.39, 0.29) is 11.6 Å². The van der Waals surface area contributed by atoms with E-state index >= 15 is 0 Å². The molecule has 0 radical (unpaired) electrons. The van der Waals surface area contributed by atoms with Gasteiger partial charge in [-0.05, 0) is 37.3 Å². The zero-order chi connectivity index (χ0) is 22.1. The summed E-state index contributed by atoms with van der Waals surface area (Å²) < 4.78 is 1.99. The molecular weight excluding hydrogens is 424 g/mol. The first-order valence-corrected chi connectivity index (χ1v) is 10.6. The van der Waals surface area contributed by atoms with Gasteiger partial charge in [-0.15, -0.1) is 11.3 Å². The van der Waals surface area contributed by atoms with Gasteiger partial charge in [-0.3, -0.25) is 9.20 Å². The van der Waals surface area contributed by atoms with E-state index in [4.69, 9.17) is 5.73 Å². The number of para-hydroxylation sites is 2. The van der Waals surface area contributed by atoms with Crippen LogP contribution in [-0.2, 0) is 0 Å². The molecule has 5 aromatic rings. The highest BCUT2D eigenvalue weighted by molar-refractivity contribution is 7.14. The lowest BCUT2D eigenvalue weighted by molar-refractivity contribution is 0.102. The number of pyridine rings is 1. The molecule has 0 saturated heterocycles. The average molecular weight is 443 g/mol. The van der Waals surface area contributed by atoms with Gasteiger partial charge < -0.3 is 16.4 Å². The van der Waals surface area contributed by atoms with Gasteiger partial charge >= 0.3 is 0 Å². The number of rotatable bonds is 5. The predicted molar refractivity (Wildman–Crippen MR) is 125 cm³/mol. The number of amides is 1. The number of nitrogens with zero attached hydrogens (tertiary/aromatic N) is 5. The number of nitrogens with two attached hydrogens (primary N) is 1. The van der Waals surface area contributed by atoms with Crippen LogP contribution in [0.2, 0.25) is 0 Å². The van der Waals surface area contributed by atoms with Gasteiger partial charge in [-0.2, -0.15) is 0 Å². The van der Waals surface area contributed by atoms with E-state index in [9.17, 15) is 4.79 Å². The van der Waals surface area contributed by atoms with Crippen molar-refractivity contribution in [2.24, 2.45) is 0 Å². The van der Waals surface area contributed by atoms with Crippen molar-refractivity contribution in [3.8, 4) is 11.4 Å². The summed E-state index contributed by atoms with van der Waals surface area (Å²) in [7, 11) is 0. The number of aromatic nitrogens is 5. The van der Waals surface area contributed by atoms with Crippen molar-refractivity contribution in [1.29, 1.82) is 0 Å². The zero-order valence-corrected chi connectivity index (χ0v) is 17.8. The van der Waals surface area contributed by atoms with Gasteiger partial charge in [0.1, 0.15) is 11.3 Å². The zero-order valence-electron chi connectivity index (χ0n) is 17.0. The molecule has 0 fully saturated rings. The highest BCUT2D eigenvalue weighted by Crippen LogP contribution is 2.25. The number of benzene rings is 1. The number of nitrogens with one attached hydrogen (secondary N) is 2. The molecule has 1 aromatic carbocycles. The van der Waals surface area contributed by atoms with Gasteiger partial charge in [-0.25, -0.2) is 19.9 Å². The Balaban J connectivity index is 1.37. The van der Waals surface area contributed by atoms with Crippen LogP contribution in [0.25, 0.3) is 17.0 Å². The number of aryl methyl sites for hydroxylation is 1. The van der Waals surface area contributed by atoms with E-state index in [1.165, 1.54) is 11.3 Å². The van der Waals surface area contributed by atoms with Crippen LogP contribution < -0.4 is 16.4 Å². The van der Waals surface area contributed by atoms with Crippen molar-refractivity contribution >= 4 is 45.3 Å². The lowest BCUT2D eigenvalue weighted by atomic mass is 10.2. The van der Waals surface area contributed by atoms with E-state index < -0.39 is 0 Å². The molecule has 4 aromatic heterocycles. The summed E-state index contributed by atoms with van der Waals surface area (Å²) in [5.74, 6) is 0.0321. The molecule has 0 spiro atoms. The molecule has 4 heterocycles. The summed E-state index contributed by atoms with van der Waals surface area (Å²) in [6.45, 7) is 1.95. The Kier molecular flexibility index (Phi) is 4.96. The van der Waals surface area contributed by atoms with E-state index in [0.29, 0.717) is 22.5 Å². The number of anilines is 4. The Morgan fingerprint density at radius 2 is 1.91 bits per heavy atom. The van der Waals surface area contributed by atoms with Crippen LogP contribution in [0.5, 0.6) is 0 Å². The fourth-order valence-corrected chi connectivity index (χ4v) is 3.99. The third-order valence-electron chi connectivity index (χ3n) is 4.77. The van der Waals surface area contributed by atoms with Crippen molar-refractivity contribution < 1.29 is 4.79 Å². The second-order valence-corrected chi connectivity index (χ2v) is 7.80. The molecule has 0 aliphatic carbocycles. The molecular formula is C22H18N8OS. The number of hydrogen-bond acceptors (Lipinski definition) is 8. The molecule has 5 rings (SSSR count). The Morgan fingerprint density at radius 3 is 2.78 bits per heavy atom. The Morgan fingerprint density at radius 1 is 1.06 bits per heavy atom. The number of carbonyl (C=O) groups is 1. The lowest BCUT2D eigenvalue weighted by Crippen LogP contribution is -2.13. The van der Waals surface area contributed by atoms with E-state index in [1.807, 2.05) is 41.8 Å². The number of hydrogen-bond donors (Lipinski definition) is 3. The number of carbonyl (C=O) groups excluding carboxylic acids is 1. The van der Waals surface area contributed by atoms with E-state index in [2.05, 4.69) is 30.6 Å². The predicted octanol–water partition coefficient (Wildman–Crippen LogP) is 4.13. The van der Waals surface area contributed by atoms with Crippen LogP contribution in [0.3, 0.4) is 0 Å². The third kappa shape index (κ3) is 3.74. The molecule has 158 valence electrons. The monoisotopic (exact) mass is 442 g/mol. The SMILES string of the molecule is Cc1nc2ccccn2c1-c1ccnc(Nc2nc(C(=O)Nc3ccccc3N)cs2)n1. The molecule has 4 N–H and O–H groups in total. The van der Waals surface area contributed by atoms with Crippen molar-refractivity contribution in [1.82, 2.24) is 24.3 Å². The number of imidazole rings is 1. The largest absolute Gasteiger partial charge is 0.397 e. The summed E-state index contributed by atoms with van der Waals surface area (Å²) in [5, 5.41) is 8.01. The summed E-state index contributed by atoms with van der Waals surface area (Å²) in [5.41, 5.74) is 10.5. The van der Waals surface area contributed by atoms with Crippen LogP contribution in [-0.4, -0.2) is 30.2 Å². The first-order chi connectivity index (χ1) is 15.6. The van der Waals surface area contributed by atoms with Crippen molar-refractivity contribution in [3.63, 3.8) is 0 Å². The molecule has 0 atom stereocenters. The Labute approximate surface area is 187 Å². The minimum atomic E-state index is -0.344. The van der Waals surface area contributed by atoms with Crippen LogP contribution >= 0.6 is 11.3 Å². The van der Waals surface area contributed by atoms with Gasteiger partial charge in [0.25, 0.3) is 5.91 Å². The third-order valence-corrected chi connectivity index (χ3v) is 5.52. The van der Waals surface area contributed by atoms with Gasteiger partial charge in [0.2, 0.25) is 5.95 Å². The molecule has 0 unspecified atom stereocenters. The second-order valence-electron chi connectivity index (χ2n) is 6.94. The van der Waals surface area contributed by atoms with Crippen LogP contribution in [0.4, 0.5) is 22.5 Å². The maximum absolute atomic E-state index is 12.5. The van der Waals surface area contributed by atoms with Crippen molar-refractivity contribution in [2.75, 3.05) is 16.4 Å². The molecule has 0 aliphatic rings. The van der Waals surface area contributed by atoms with E-state index in [1.54, 1.807) is 35.8 Å². The lowest BCUT2D eigenvalue weighted by Gasteiger charge is -2.06. The van der Waals surface area contributed by atoms with Crippen molar-refractivity contribution in [2.45, 2.75) is 6.92 Å². The highest BCUT2D eigenvalue weighted by Gasteiger charge is 2.15. The van der Waals surface area contributed by atoms with Crippen LogP contribution in [0.15, 0.2) is 66.3 Å². The maximum Gasteiger partial charge on any atom is 0.275 e. The minimum absolute atomic E-state index is 0.273. The number of fused-ring (bicyclic) bond motifs is 1. The summed E-state index contributed by atoms with van der Waals surface area (Å²) >= 11 is 1.28. The normalized spacial score (nSPS) is 10.9. The minimum Gasteiger partial charge on any atom is -0.397 e. The standard InChI is InChI=1S/C22H18N8OS/c1-13-19(30-11-5-4-8-18(30)25-13)16-9-10-24-21(27-16)29-22-28-17(12-32-22)20(31)26-15-7-3-2-6-14(15)23/h2-12H,23H2,1H3,(H,26,31)(H,24,27,28,29). The topological polar surface area (TPSA) is 123 Å². The molecule has 0 aliphatic heterocycles. The molecule has 10 heteroatoms. The van der Waals surface area contributed by atoms with Gasteiger partial charge in [0, 0.05) is 17.8 Å². The number of nitrogen functional groups attached to an aromatic ring is 1. The van der Waals surface area contributed by atoms with Gasteiger partial charge in [0.15, 0.2) is 5.13 Å². The molecule has 1 amide bonds. The summed E-state index contributed by atoms with van der Waals surface area (Å²) in [4.78, 5) is 30.4. The van der Waals surface area contributed by atoms with Crippen LogP contribution in [0.1, 0.15) is 16.2 Å². The summed E-state index contributed by atoms with van der Waals surface area (Å²) in [6.07, 6.45) is 3.62. The molecule has 0 saturated carbocycles. The summed E-state index contributed by atoms with van der Waals surface area (Å²) in [6, 6.07) is 14.7. The maximum atomic E-state index is 12.5. The van der Waals surface area contributed by atoms with E-state index in [0.717, 1.165) is 22.7 Å². The highest BCUT2D eigenvalue weighted by atomic mass is 32.1.